The van der Waals surface area contributed by atoms with Crippen molar-refractivity contribution in [3.63, 3.8) is 0 Å². The number of hydrogen-bond acceptors (Lipinski definition) is 3. The van der Waals surface area contributed by atoms with E-state index in [1.807, 2.05) is 24.3 Å². The Morgan fingerprint density at radius 3 is 3.00 bits per heavy atom. The number of nitrogens with one attached hydrogen (secondary N) is 2. The molecule has 0 aromatic heterocycles. The number of amides is 1. The minimum Gasteiger partial charge on any atom is -0.324 e. The van der Waals surface area contributed by atoms with Gasteiger partial charge in [0.15, 0.2) is 0 Å². The SMILES string of the molecule is O=C(Nc1ccccc1Br)C1CSCN1. The summed E-state index contributed by atoms with van der Waals surface area (Å²) in [5.74, 6) is 1.73. The summed E-state index contributed by atoms with van der Waals surface area (Å²) in [7, 11) is 0. The van der Waals surface area contributed by atoms with E-state index in [9.17, 15) is 4.79 Å². The van der Waals surface area contributed by atoms with Crippen LogP contribution in [0.3, 0.4) is 0 Å². The molecule has 3 nitrogen and oxygen atoms in total. The first-order valence-corrected chi connectivity index (χ1v) is 6.58. The van der Waals surface area contributed by atoms with Gasteiger partial charge in [-0.15, -0.1) is 11.8 Å². The largest absolute Gasteiger partial charge is 0.324 e. The van der Waals surface area contributed by atoms with Gasteiger partial charge < -0.3 is 5.32 Å². The number of para-hydroxylation sites is 1. The molecular weight excluding hydrogens is 276 g/mol. The molecule has 1 unspecified atom stereocenters. The topological polar surface area (TPSA) is 41.1 Å². The minimum absolute atomic E-state index is 0.0342. The third-order valence-electron chi connectivity index (χ3n) is 2.16. The Morgan fingerprint density at radius 1 is 1.53 bits per heavy atom. The van der Waals surface area contributed by atoms with Crippen LogP contribution < -0.4 is 10.6 Å². The number of anilines is 1. The molecule has 0 saturated carbocycles. The van der Waals surface area contributed by atoms with Crippen LogP contribution >= 0.6 is 27.7 Å². The second kappa shape index (κ2) is 5.01. The van der Waals surface area contributed by atoms with Gasteiger partial charge in [-0.2, -0.15) is 0 Å². The zero-order valence-corrected chi connectivity index (χ0v) is 10.4. The van der Waals surface area contributed by atoms with Crippen LogP contribution in [-0.2, 0) is 4.79 Å². The van der Waals surface area contributed by atoms with Gasteiger partial charge in [-0.05, 0) is 28.1 Å². The number of benzene rings is 1. The van der Waals surface area contributed by atoms with Crippen LogP contribution in [0, 0.1) is 0 Å². The maximum absolute atomic E-state index is 11.8. The van der Waals surface area contributed by atoms with Gasteiger partial charge in [0.2, 0.25) is 5.91 Å². The molecule has 0 aliphatic carbocycles. The molecular formula is C10H11BrN2OS. The highest BCUT2D eigenvalue weighted by Gasteiger charge is 2.22. The van der Waals surface area contributed by atoms with Crippen LogP contribution in [0.5, 0.6) is 0 Å². The Hall–Kier alpha value is -0.520. The number of thioether (sulfide) groups is 1. The van der Waals surface area contributed by atoms with Crippen molar-refractivity contribution in [1.29, 1.82) is 0 Å². The maximum Gasteiger partial charge on any atom is 0.242 e. The summed E-state index contributed by atoms with van der Waals surface area (Å²) in [6, 6.07) is 7.54. The zero-order chi connectivity index (χ0) is 10.7. The Bertz CT molecular complexity index is 366. The number of carbonyl (C=O) groups excluding carboxylic acids is 1. The van der Waals surface area contributed by atoms with Crippen molar-refractivity contribution in [3.05, 3.63) is 28.7 Å². The van der Waals surface area contributed by atoms with Gasteiger partial charge in [0.1, 0.15) is 0 Å². The highest BCUT2D eigenvalue weighted by Crippen LogP contribution is 2.22. The average molecular weight is 287 g/mol. The third kappa shape index (κ3) is 2.74. The van der Waals surface area contributed by atoms with Gasteiger partial charge in [0.05, 0.1) is 11.7 Å². The molecule has 1 aromatic carbocycles. The van der Waals surface area contributed by atoms with E-state index in [0.29, 0.717) is 0 Å². The second-order valence-corrected chi connectivity index (χ2v) is 5.13. The van der Waals surface area contributed by atoms with E-state index in [-0.39, 0.29) is 11.9 Å². The number of hydrogen-bond donors (Lipinski definition) is 2. The Balaban J connectivity index is 2.02. The summed E-state index contributed by atoms with van der Waals surface area (Å²) in [6.07, 6.45) is 0. The maximum atomic E-state index is 11.8. The van der Waals surface area contributed by atoms with E-state index in [1.165, 1.54) is 0 Å². The molecule has 1 atom stereocenters. The van der Waals surface area contributed by atoms with Crippen LogP contribution in [0.25, 0.3) is 0 Å². The standard InChI is InChI=1S/C10H11BrN2OS/c11-7-3-1-2-4-8(7)13-10(14)9-5-15-6-12-9/h1-4,9,12H,5-6H2,(H,13,14). The van der Waals surface area contributed by atoms with Gasteiger partial charge >= 0.3 is 0 Å². The molecule has 2 N–H and O–H groups in total. The Kier molecular flexibility index (Phi) is 3.66. The lowest BCUT2D eigenvalue weighted by Gasteiger charge is -2.11. The lowest BCUT2D eigenvalue weighted by atomic mass is 10.3. The first kappa shape index (κ1) is 11.0. The fourth-order valence-electron chi connectivity index (χ4n) is 1.35. The molecule has 1 saturated heterocycles. The summed E-state index contributed by atoms with van der Waals surface area (Å²) in [6.45, 7) is 0. The van der Waals surface area contributed by atoms with Crippen molar-refractivity contribution in [1.82, 2.24) is 5.32 Å². The van der Waals surface area contributed by atoms with E-state index in [0.717, 1.165) is 21.8 Å². The van der Waals surface area contributed by atoms with E-state index in [1.54, 1.807) is 11.8 Å². The van der Waals surface area contributed by atoms with Crippen molar-refractivity contribution >= 4 is 39.3 Å². The number of halogens is 1. The summed E-state index contributed by atoms with van der Waals surface area (Å²) >= 11 is 5.13. The summed E-state index contributed by atoms with van der Waals surface area (Å²) in [5.41, 5.74) is 0.821. The predicted molar refractivity (Wildman–Crippen MR) is 67.0 cm³/mol. The van der Waals surface area contributed by atoms with Crippen LogP contribution in [0.2, 0.25) is 0 Å². The van der Waals surface area contributed by atoms with Crippen LogP contribution in [0.1, 0.15) is 0 Å². The molecule has 1 heterocycles. The molecule has 0 bridgehead atoms. The fourth-order valence-corrected chi connectivity index (χ4v) is 2.67. The van der Waals surface area contributed by atoms with Gasteiger partial charge in [0.25, 0.3) is 0 Å². The molecule has 1 fully saturated rings. The first-order valence-electron chi connectivity index (χ1n) is 4.64. The van der Waals surface area contributed by atoms with E-state index >= 15 is 0 Å². The van der Waals surface area contributed by atoms with Gasteiger partial charge in [0, 0.05) is 16.1 Å². The van der Waals surface area contributed by atoms with Crippen LogP contribution in [0.4, 0.5) is 5.69 Å². The molecule has 2 rings (SSSR count). The molecule has 1 aromatic rings. The van der Waals surface area contributed by atoms with Gasteiger partial charge in [-0.25, -0.2) is 0 Å². The van der Waals surface area contributed by atoms with Crippen molar-refractivity contribution in [2.45, 2.75) is 6.04 Å². The summed E-state index contributed by atoms with van der Waals surface area (Å²) in [5, 5.41) is 6.02. The van der Waals surface area contributed by atoms with Crippen LogP contribution in [-0.4, -0.2) is 23.6 Å². The minimum atomic E-state index is -0.0675. The molecule has 80 valence electrons. The van der Waals surface area contributed by atoms with Crippen molar-refractivity contribution in [3.8, 4) is 0 Å². The van der Waals surface area contributed by atoms with Crippen molar-refractivity contribution < 1.29 is 4.79 Å². The molecule has 1 amide bonds. The average Bonchev–Trinajstić information content (AvgIpc) is 2.74. The van der Waals surface area contributed by atoms with Crippen molar-refractivity contribution in [2.75, 3.05) is 16.9 Å². The predicted octanol–water partition coefficient (Wildman–Crippen LogP) is 2.05. The summed E-state index contributed by atoms with van der Waals surface area (Å²) in [4.78, 5) is 11.8. The van der Waals surface area contributed by atoms with E-state index < -0.39 is 0 Å². The molecule has 5 heteroatoms. The van der Waals surface area contributed by atoms with Crippen LogP contribution in [0.15, 0.2) is 28.7 Å². The molecule has 0 radical (unpaired) electrons. The van der Waals surface area contributed by atoms with E-state index in [4.69, 9.17) is 0 Å². The van der Waals surface area contributed by atoms with E-state index in [2.05, 4.69) is 26.6 Å². The lowest BCUT2D eigenvalue weighted by Crippen LogP contribution is -2.37. The summed E-state index contributed by atoms with van der Waals surface area (Å²) < 4.78 is 0.906. The van der Waals surface area contributed by atoms with Gasteiger partial charge in [-0.3, -0.25) is 10.1 Å². The first-order chi connectivity index (χ1) is 7.27. The fraction of sp³-hybridized carbons (Fsp3) is 0.300. The van der Waals surface area contributed by atoms with Crippen molar-refractivity contribution in [2.24, 2.45) is 0 Å². The lowest BCUT2D eigenvalue weighted by molar-refractivity contribution is -0.117. The monoisotopic (exact) mass is 286 g/mol. The van der Waals surface area contributed by atoms with Gasteiger partial charge in [-0.1, -0.05) is 12.1 Å². The smallest absolute Gasteiger partial charge is 0.242 e. The molecule has 1 aliphatic rings. The second-order valence-electron chi connectivity index (χ2n) is 3.24. The highest BCUT2D eigenvalue weighted by molar-refractivity contribution is 9.10. The Morgan fingerprint density at radius 2 is 2.33 bits per heavy atom. The number of rotatable bonds is 2. The zero-order valence-electron chi connectivity index (χ0n) is 8.00. The molecule has 1 aliphatic heterocycles. The quantitative estimate of drug-likeness (QED) is 0.874. The number of carbonyl (C=O) groups is 1. The normalized spacial score (nSPS) is 20.2. The third-order valence-corrected chi connectivity index (χ3v) is 3.80. The molecule has 0 spiro atoms. The highest BCUT2D eigenvalue weighted by atomic mass is 79.9. The molecule has 15 heavy (non-hydrogen) atoms. The Labute approximate surface area is 101 Å².